The van der Waals surface area contributed by atoms with Crippen LogP contribution in [0, 0.1) is 5.92 Å². The van der Waals surface area contributed by atoms with Gasteiger partial charge in [0.05, 0.1) is 17.7 Å². The Kier molecular flexibility index (Phi) is 9.35. The number of carbonyl (C=O) groups is 2. The molecule has 0 spiro atoms. The second-order valence-electron chi connectivity index (χ2n) is 7.31. The average molecular weight is 514 g/mol. The Morgan fingerprint density at radius 2 is 1.90 bits per heavy atom. The minimum Gasteiger partial charge on any atom is -0.384 e. The highest BCUT2D eigenvalue weighted by atomic mass is 127. The molecule has 1 fully saturated rings. The quantitative estimate of drug-likeness (QED) is 0.190. The van der Waals surface area contributed by atoms with Gasteiger partial charge >= 0.3 is 0 Å². The molecule has 160 valence electrons. The van der Waals surface area contributed by atoms with E-state index in [1.165, 1.54) is 4.90 Å². The van der Waals surface area contributed by atoms with Crippen molar-refractivity contribution in [1.82, 2.24) is 15.1 Å². The first-order valence-electron chi connectivity index (χ1n) is 10.1. The van der Waals surface area contributed by atoms with E-state index < -0.39 is 0 Å². The van der Waals surface area contributed by atoms with Crippen molar-refractivity contribution in [3.05, 3.63) is 35.4 Å². The molecule has 2 aliphatic heterocycles. The van der Waals surface area contributed by atoms with E-state index in [1.807, 2.05) is 0 Å². The van der Waals surface area contributed by atoms with E-state index in [-0.39, 0.29) is 35.8 Å². The van der Waals surface area contributed by atoms with Gasteiger partial charge in [-0.2, -0.15) is 0 Å². The number of methoxy groups -OCH3 is 1. The number of ether oxygens (including phenoxy) is 1. The van der Waals surface area contributed by atoms with Crippen molar-refractivity contribution in [3.63, 3.8) is 0 Å². The van der Waals surface area contributed by atoms with Crippen molar-refractivity contribution >= 4 is 41.8 Å². The molecule has 2 aliphatic rings. The number of fused-ring (bicyclic) bond motifs is 1. The van der Waals surface area contributed by atoms with Crippen molar-refractivity contribution in [2.75, 3.05) is 46.4 Å². The fourth-order valence-corrected chi connectivity index (χ4v) is 3.83. The molecule has 0 radical (unpaired) electrons. The van der Waals surface area contributed by atoms with Gasteiger partial charge < -0.3 is 15.0 Å². The number of carbonyl (C=O) groups excluding carboxylic acids is 2. The molecule has 1 atom stereocenters. The number of benzene rings is 1. The van der Waals surface area contributed by atoms with Crippen molar-refractivity contribution in [2.45, 2.75) is 26.2 Å². The van der Waals surface area contributed by atoms with Crippen LogP contribution < -0.4 is 5.32 Å². The van der Waals surface area contributed by atoms with Crippen LogP contribution in [0.15, 0.2) is 29.3 Å². The SMILES string of the molecule is CCNC(=NCCCCN1C(=O)c2ccccc2C1=O)N1CCC(COC)C1.I. The first-order valence-corrected chi connectivity index (χ1v) is 10.1. The third-order valence-corrected chi connectivity index (χ3v) is 5.25. The summed E-state index contributed by atoms with van der Waals surface area (Å²) in [7, 11) is 1.75. The van der Waals surface area contributed by atoms with E-state index in [0.29, 0.717) is 30.1 Å². The lowest BCUT2D eigenvalue weighted by Gasteiger charge is -2.21. The van der Waals surface area contributed by atoms with Gasteiger partial charge in [-0.05, 0) is 38.3 Å². The summed E-state index contributed by atoms with van der Waals surface area (Å²) in [5.41, 5.74) is 1.03. The highest BCUT2D eigenvalue weighted by Gasteiger charge is 2.34. The topological polar surface area (TPSA) is 74.2 Å². The van der Waals surface area contributed by atoms with Crippen molar-refractivity contribution in [1.29, 1.82) is 0 Å². The van der Waals surface area contributed by atoms with Crippen molar-refractivity contribution in [2.24, 2.45) is 10.9 Å². The highest BCUT2D eigenvalue weighted by Crippen LogP contribution is 2.22. The van der Waals surface area contributed by atoms with Gasteiger partial charge in [-0.15, -0.1) is 24.0 Å². The Morgan fingerprint density at radius 3 is 2.52 bits per heavy atom. The smallest absolute Gasteiger partial charge is 0.261 e. The largest absolute Gasteiger partial charge is 0.384 e. The normalized spacial score (nSPS) is 18.8. The highest BCUT2D eigenvalue weighted by molar-refractivity contribution is 14.0. The number of nitrogens with one attached hydrogen (secondary N) is 1. The molecule has 3 rings (SSSR count). The fraction of sp³-hybridized carbons (Fsp3) is 0.571. The first-order chi connectivity index (χ1) is 13.7. The molecular weight excluding hydrogens is 483 g/mol. The Balaban J connectivity index is 0.00000300. The van der Waals surface area contributed by atoms with Crippen LogP contribution in [-0.4, -0.2) is 74.0 Å². The summed E-state index contributed by atoms with van der Waals surface area (Å²) < 4.78 is 5.27. The number of amides is 2. The van der Waals surface area contributed by atoms with E-state index in [9.17, 15) is 9.59 Å². The number of imide groups is 1. The summed E-state index contributed by atoms with van der Waals surface area (Å²) in [5, 5.41) is 3.36. The van der Waals surface area contributed by atoms with Crippen molar-refractivity contribution in [3.8, 4) is 0 Å². The molecule has 1 unspecified atom stereocenters. The zero-order chi connectivity index (χ0) is 19.9. The van der Waals surface area contributed by atoms with Crippen LogP contribution in [0.25, 0.3) is 0 Å². The number of hydrogen-bond acceptors (Lipinski definition) is 4. The number of likely N-dealkylation sites (tertiary alicyclic amines) is 1. The number of rotatable bonds is 8. The number of nitrogens with zero attached hydrogens (tertiary/aromatic N) is 3. The third kappa shape index (κ3) is 5.69. The summed E-state index contributed by atoms with van der Waals surface area (Å²) in [6.07, 6.45) is 2.70. The summed E-state index contributed by atoms with van der Waals surface area (Å²) in [4.78, 5) is 33.1. The van der Waals surface area contributed by atoms with Gasteiger partial charge in [-0.1, -0.05) is 12.1 Å². The second-order valence-corrected chi connectivity index (χ2v) is 7.31. The van der Waals surface area contributed by atoms with Crippen LogP contribution in [0.3, 0.4) is 0 Å². The van der Waals surface area contributed by atoms with Gasteiger partial charge in [0, 0.05) is 45.8 Å². The van der Waals surface area contributed by atoms with E-state index in [4.69, 9.17) is 9.73 Å². The molecular formula is C21H31IN4O3. The molecule has 2 heterocycles. The zero-order valence-electron chi connectivity index (χ0n) is 17.2. The summed E-state index contributed by atoms with van der Waals surface area (Å²) in [6, 6.07) is 7.02. The van der Waals surface area contributed by atoms with Crippen molar-refractivity contribution < 1.29 is 14.3 Å². The lowest BCUT2D eigenvalue weighted by molar-refractivity contribution is 0.0652. The molecule has 1 saturated heterocycles. The number of guanidine groups is 1. The maximum Gasteiger partial charge on any atom is 0.261 e. The first kappa shape index (κ1) is 23.6. The Morgan fingerprint density at radius 1 is 1.21 bits per heavy atom. The Bertz CT molecular complexity index is 705. The molecule has 8 heteroatoms. The van der Waals surface area contributed by atoms with Crippen LogP contribution in [-0.2, 0) is 4.74 Å². The molecule has 0 saturated carbocycles. The number of aliphatic imine (C=N–C) groups is 1. The molecule has 1 aromatic carbocycles. The van der Waals surface area contributed by atoms with Crippen LogP contribution >= 0.6 is 24.0 Å². The maximum atomic E-state index is 12.4. The Labute approximate surface area is 189 Å². The molecule has 7 nitrogen and oxygen atoms in total. The van der Waals surface area contributed by atoms with Crippen LogP contribution in [0.4, 0.5) is 0 Å². The minimum absolute atomic E-state index is 0. The molecule has 1 aromatic rings. The minimum atomic E-state index is -0.182. The maximum absolute atomic E-state index is 12.4. The monoisotopic (exact) mass is 514 g/mol. The van der Waals surface area contributed by atoms with E-state index in [0.717, 1.165) is 51.5 Å². The van der Waals surface area contributed by atoms with Gasteiger partial charge in [-0.3, -0.25) is 19.5 Å². The predicted octanol–water partition coefficient (Wildman–Crippen LogP) is 2.61. The number of hydrogen-bond donors (Lipinski definition) is 1. The van der Waals surface area contributed by atoms with Gasteiger partial charge in [0.2, 0.25) is 0 Å². The fourth-order valence-electron chi connectivity index (χ4n) is 3.83. The second kappa shape index (κ2) is 11.5. The molecule has 29 heavy (non-hydrogen) atoms. The van der Waals surface area contributed by atoms with Crippen LogP contribution in [0.2, 0.25) is 0 Å². The standard InChI is InChI=1S/C21H30N4O3.HI/c1-3-22-21(24-13-10-16(14-24)15-28-2)23-11-6-7-12-25-19(26)17-8-4-5-9-18(17)20(25)27;/h4-5,8-9,16H,3,6-7,10-15H2,1-2H3,(H,22,23);1H. The van der Waals surface area contributed by atoms with E-state index >= 15 is 0 Å². The Hall–Kier alpha value is -1.68. The third-order valence-electron chi connectivity index (χ3n) is 5.25. The molecule has 0 aliphatic carbocycles. The van der Waals surface area contributed by atoms with Crippen LogP contribution in [0.1, 0.15) is 46.9 Å². The zero-order valence-corrected chi connectivity index (χ0v) is 19.6. The predicted molar refractivity (Wildman–Crippen MR) is 124 cm³/mol. The van der Waals surface area contributed by atoms with Crippen LogP contribution in [0.5, 0.6) is 0 Å². The average Bonchev–Trinajstić information content (AvgIpc) is 3.26. The van der Waals surface area contributed by atoms with Gasteiger partial charge in [0.25, 0.3) is 11.8 Å². The lowest BCUT2D eigenvalue weighted by atomic mass is 10.1. The number of unbranched alkanes of at least 4 members (excludes halogenated alkanes) is 1. The van der Waals surface area contributed by atoms with E-state index in [2.05, 4.69) is 17.1 Å². The van der Waals surface area contributed by atoms with Gasteiger partial charge in [-0.25, -0.2) is 0 Å². The molecule has 2 amide bonds. The summed E-state index contributed by atoms with van der Waals surface area (Å²) in [6.45, 7) is 6.77. The summed E-state index contributed by atoms with van der Waals surface area (Å²) >= 11 is 0. The summed E-state index contributed by atoms with van der Waals surface area (Å²) in [5.74, 6) is 1.14. The molecule has 0 bridgehead atoms. The molecule has 1 N–H and O–H groups in total. The number of halogens is 1. The van der Waals surface area contributed by atoms with Gasteiger partial charge in [0.15, 0.2) is 5.96 Å². The lowest BCUT2D eigenvalue weighted by Crippen LogP contribution is -2.40. The van der Waals surface area contributed by atoms with E-state index in [1.54, 1.807) is 31.4 Å². The van der Waals surface area contributed by atoms with Gasteiger partial charge in [0.1, 0.15) is 0 Å². The molecule has 0 aromatic heterocycles.